The molecule has 4 nitrogen and oxygen atoms in total. The van der Waals surface area contributed by atoms with Crippen LogP contribution < -0.4 is 4.90 Å². The summed E-state index contributed by atoms with van der Waals surface area (Å²) in [5.74, 6) is 0.0650. The topological polar surface area (TPSA) is 45.0 Å². The van der Waals surface area contributed by atoms with Crippen molar-refractivity contribution in [2.24, 2.45) is 5.92 Å². The molecule has 0 unspecified atom stereocenters. The molecule has 1 fully saturated rings. The summed E-state index contributed by atoms with van der Waals surface area (Å²) in [5.41, 5.74) is 0. The second-order valence-corrected chi connectivity index (χ2v) is 4.85. The van der Waals surface area contributed by atoms with Crippen LogP contribution in [-0.4, -0.2) is 55.2 Å². The highest BCUT2D eigenvalue weighted by molar-refractivity contribution is 5.69. The predicted molar refractivity (Wildman–Crippen MR) is 59.1 cm³/mol. The SMILES string of the molecule is CC(C)CC[NH+]1CCN(CC(=O)O)CC1. The van der Waals surface area contributed by atoms with E-state index < -0.39 is 5.97 Å². The number of hydrogen-bond donors (Lipinski definition) is 2. The Morgan fingerprint density at radius 1 is 1.40 bits per heavy atom. The Morgan fingerprint density at radius 3 is 2.47 bits per heavy atom. The summed E-state index contributed by atoms with van der Waals surface area (Å²) in [7, 11) is 0. The van der Waals surface area contributed by atoms with Crippen molar-refractivity contribution < 1.29 is 14.8 Å². The van der Waals surface area contributed by atoms with Crippen LogP contribution in [0.1, 0.15) is 20.3 Å². The van der Waals surface area contributed by atoms with Gasteiger partial charge < -0.3 is 10.0 Å². The largest absolute Gasteiger partial charge is 0.480 e. The zero-order chi connectivity index (χ0) is 11.3. The number of nitrogens with zero attached hydrogens (tertiary/aromatic N) is 1. The number of carboxylic acids is 1. The molecule has 0 aliphatic carbocycles. The summed E-state index contributed by atoms with van der Waals surface area (Å²) in [6.07, 6.45) is 1.27. The van der Waals surface area contributed by atoms with E-state index in [1.165, 1.54) is 13.0 Å². The Kier molecular flexibility index (Phi) is 5.05. The number of piperazine rings is 1. The van der Waals surface area contributed by atoms with Crippen LogP contribution in [0.5, 0.6) is 0 Å². The van der Waals surface area contributed by atoms with E-state index in [0.717, 1.165) is 32.1 Å². The van der Waals surface area contributed by atoms with Gasteiger partial charge in [0.2, 0.25) is 0 Å². The van der Waals surface area contributed by atoms with E-state index in [9.17, 15) is 4.79 Å². The predicted octanol–water partition coefficient (Wildman–Crippen LogP) is -0.682. The van der Waals surface area contributed by atoms with Gasteiger partial charge >= 0.3 is 5.97 Å². The van der Waals surface area contributed by atoms with Gasteiger partial charge in [-0.1, -0.05) is 13.8 Å². The lowest BCUT2D eigenvalue weighted by molar-refractivity contribution is -0.905. The van der Waals surface area contributed by atoms with E-state index in [4.69, 9.17) is 5.11 Å². The number of carboxylic acid groups (broad SMARTS) is 1. The van der Waals surface area contributed by atoms with E-state index in [0.29, 0.717) is 0 Å². The van der Waals surface area contributed by atoms with Gasteiger partial charge in [0.25, 0.3) is 0 Å². The molecule has 0 saturated carbocycles. The van der Waals surface area contributed by atoms with Crippen molar-refractivity contribution in [1.82, 2.24) is 4.90 Å². The third kappa shape index (κ3) is 5.14. The van der Waals surface area contributed by atoms with Crippen LogP contribution in [0.4, 0.5) is 0 Å². The normalized spacial score (nSPS) is 19.7. The monoisotopic (exact) mass is 215 g/mol. The maximum absolute atomic E-state index is 10.5. The lowest BCUT2D eigenvalue weighted by Crippen LogP contribution is -3.14. The molecular weight excluding hydrogens is 192 g/mol. The Bertz CT molecular complexity index is 199. The minimum absolute atomic E-state index is 0.206. The first-order valence-electron chi connectivity index (χ1n) is 5.85. The van der Waals surface area contributed by atoms with Crippen molar-refractivity contribution in [2.45, 2.75) is 20.3 Å². The van der Waals surface area contributed by atoms with Crippen molar-refractivity contribution in [3.63, 3.8) is 0 Å². The van der Waals surface area contributed by atoms with Crippen molar-refractivity contribution in [2.75, 3.05) is 39.3 Å². The first-order valence-corrected chi connectivity index (χ1v) is 5.85. The van der Waals surface area contributed by atoms with Crippen LogP contribution in [0, 0.1) is 5.92 Å². The Hall–Kier alpha value is -0.610. The summed E-state index contributed by atoms with van der Waals surface area (Å²) in [6, 6.07) is 0. The van der Waals surface area contributed by atoms with Gasteiger partial charge in [0, 0.05) is 13.1 Å². The van der Waals surface area contributed by atoms with E-state index in [-0.39, 0.29) is 6.54 Å². The van der Waals surface area contributed by atoms with E-state index in [1.54, 1.807) is 4.90 Å². The fourth-order valence-corrected chi connectivity index (χ4v) is 1.96. The minimum Gasteiger partial charge on any atom is -0.480 e. The maximum Gasteiger partial charge on any atom is 0.317 e. The highest BCUT2D eigenvalue weighted by Gasteiger charge is 2.20. The number of aliphatic carboxylic acids is 1. The van der Waals surface area contributed by atoms with E-state index in [2.05, 4.69) is 13.8 Å². The van der Waals surface area contributed by atoms with Gasteiger partial charge in [0.1, 0.15) is 0 Å². The average Bonchev–Trinajstić information content (AvgIpc) is 2.16. The molecule has 1 aliphatic heterocycles. The lowest BCUT2D eigenvalue weighted by Gasteiger charge is -2.31. The zero-order valence-corrected chi connectivity index (χ0v) is 9.83. The molecule has 0 spiro atoms. The van der Waals surface area contributed by atoms with Gasteiger partial charge in [0.15, 0.2) is 0 Å². The quantitative estimate of drug-likeness (QED) is 0.638. The number of quaternary nitrogens is 1. The first-order chi connectivity index (χ1) is 7.08. The fourth-order valence-electron chi connectivity index (χ4n) is 1.96. The Balaban J connectivity index is 2.15. The van der Waals surface area contributed by atoms with Crippen molar-refractivity contribution in [3.05, 3.63) is 0 Å². The molecule has 15 heavy (non-hydrogen) atoms. The van der Waals surface area contributed by atoms with Crippen molar-refractivity contribution in [1.29, 1.82) is 0 Å². The second kappa shape index (κ2) is 6.08. The summed E-state index contributed by atoms with van der Waals surface area (Å²) in [5, 5.41) is 8.66. The van der Waals surface area contributed by atoms with Gasteiger partial charge in [-0.25, -0.2) is 0 Å². The fraction of sp³-hybridized carbons (Fsp3) is 0.909. The number of carbonyl (C=O) groups is 1. The first kappa shape index (κ1) is 12.5. The lowest BCUT2D eigenvalue weighted by atomic mass is 10.1. The molecule has 1 aliphatic rings. The molecule has 0 aromatic heterocycles. The molecule has 4 heteroatoms. The summed E-state index contributed by atoms with van der Waals surface area (Å²) in [4.78, 5) is 14.2. The van der Waals surface area contributed by atoms with E-state index >= 15 is 0 Å². The summed E-state index contributed by atoms with van der Waals surface area (Å²) in [6.45, 7) is 10.00. The van der Waals surface area contributed by atoms with Crippen LogP contribution in [0.15, 0.2) is 0 Å². The highest BCUT2D eigenvalue weighted by atomic mass is 16.4. The molecule has 1 rings (SSSR count). The molecule has 0 aromatic rings. The smallest absolute Gasteiger partial charge is 0.317 e. The molecule has 0 bridgehead atoms. The number of hydrogen-bond acceptors (Lipinski definition) is 2. The third-order valence-electron chi connectivity index (χ3n) is 3.00. The van der Waals surface area contributed by atoms with Crippen LogP contribution >= 0.6 is 0 Å². The van der Waals surface area contributed by atoms with Gasteiger partial charge in [0.05, 0.1) is 26.2 Å². The third-order valence-corrected chi connectivity index (χ3v) is 3.00. The van der Waals surface area contributed by atoms with Gasteiger partial charge in [-0.05, 0) is 12.3 Å². The summed E-state index contributed by atoms with van der Waals surface area (Å²) >= 11 is 0. The van der Waals surface area contributed by atoms with Crippen LogP contribution in [-0.2, 0) is 4.79 Å². The second-order valence-electron chi connectivity index (χ2n) is 4.85. The molecule has 2 N–H and O–H groups in total. The Labute approximate surface area is 91.9 Å². The van der Waals surface area contributed by atoms with Crippen LogP contribution in [0.25, 0.3) is 0 Å². The molecule has 0 aromatic carbocycles. The molecule has 1 saturated heterocycles. The van der Waals surface area contributed by atoms with Gasteiger partial charge in [-0.2, -0.15) is 0 Å². The Morgan fingerprint density at radius 2 is 2.00 bits per heavy atom. The molecule has 0 amide bonds. The zero-order valence-electron chi connectivity index (χ0n) is 9.83. The molecule has 0 atom stereocenters. The van der Waals surface area contributed by atoms with Crippen LogP contribution in [0.3, 0.4) is 0 Å². The summed E-state index contributed by atoms with van der Waals surface area (Å²) < 4.78 is 0. The maximum atomic E-state index is 10.5. The average molecular weight is 215 g/mol. The van der Waals surface area contributed by atoms with Gasteiger partial charge in [-0.15, -0.1) is 0 Å². The van der Waals surface area contributed by atoms with E-state index in [1.807, 2.05) is 4.90 Å². The van der Waals surface area contributed by atoms with Crippen molar-refractivity contribution >= 4 is 5.97 Å². The highest BCUT2D eigenvalue weighted by Crippen LogP contribution is 1.95. The standard InChI is InChI=1S/C11H22N2O2/c1-10(2)3-4-12-5-7-13(8-6-12)9-11(14)15/h10H,3-9H2,1-2H3,(H,14,15)/p+1. The van der Waals surface area contributed by atoms with Crippen molar-refractivity contribution in [3.8, 4) is 0 Å². The molecule has 88 valence electrons. The van der Waals surface area contributed by atoms with Crippen LogP contribution in [0.2, 0.25) is 0 Å². The number of rotatable bonds is 5. The molecular formula is C11H23N2O2+. The van der Waals surface area contributed by atoms with Gasteiger partial charge in [-0.3, -0.25) is 9.69 Å². The minimum atomic E-state index is -0.708. The number of nitrogens with one attached hydrogen (secondary N) is 1. The molecule has 1 heterocycles. The molecule has 0 radical (unpaired) electrons.